The summed E-state index contributed by atoms with van der Waals surface area (Å²) < 4.78 is 5.06. The molecule has 1 aliphatic carbocycles. The zero-order valence-corrected chi connectivity index (χ0v) is 20.1. The van der Waals surface area contributed by atoms with Crippen molar-refractivity contribution in [1.82, 2.24) is 10.6 Å². The summed E-state index contributed by atoms with van der Waals surface area (Å²) in [6, 6.07) is 7.83. The van der Waals surface area contributed by atoms with Gasteiger partial charge in [-0.05, 0) is 52.9 Å². The topological polar surface area (TPSA) is 134 Å². The minimum Gasteiger partial charge on any atom is -0.461 e. The average molecular weight is 500 g/mol. The Balaban J connectivity index is 1.59. The predicted molar refractivity (Wildman–Crippen MR) is 131 cm³/mol. The molecule has 4 N–H and O–H groups in total. The molecule has 0 saturated heterocycles. The summed E-state index contributed by atoms with van der Waals surface area (Å²) in [4.78, 5) is 50.7. The molecule has 3 amide bonds. The van der Waals surface area contributed by atoms with Crippen molar-refractivity contribution in [2.45, 2.75) is 38.3 Å². The van der Waals surface area contributed by atoms with Crippen molar-refractivity contribution in [3.05, 3.63) is 64.9 Å². The normalized spacial score (nSPS) is 14.7. The highest BCUT2D eigenvalue weighted by Gasteiger charge is 2.51. The lowest BCUT2D eigenvalue weighted by Gasteiger charge is -2.39. The van der Waals surface area contributed by atoms with E-state index >= 15 is 0 Å². The van der Waals surface area contributed by atoms with E-state index in [4.69, 9.17) is 9.84 Å². The minimum absolute atomic E-state index is 0.0725. The first-order valence-corrected chi connectivity index (χ1v) is 12.2. The van der Waals surface area contributed by atoms with Gasteiger partial charge in [0.15, 0.2) is 0 Å². The van der Waals surface area contributed by atoms with Crippen LogP contribution in [0.3, 0.4) is 0 Å². The summed E-state index contributed by atoms with van der Waals surface area (Å²) in [6.45, 7) is 3.19. The monoisotopic (exact) mass is 499 g/mol. The van der Waals surface area contributed by atoms with E-state index in [1.165, 1.54) is 17.4 Å². The number of ether oxygens (including phenoxy) is 1. The quantitative estimate of drug-likeness (QED) is 0.201. The Morgan fingerprint density at radius 3 is 2.46 bits per heavy atom. The summed E-state index contributed by atoms with van der Waals surface area (Å²) in [5, 5.41) is 20.8. The molecule has 2 aromatic rings. The fraction of sp³-hybridized carbons (Fsp3) is 0.360. The van der Waals surface area contributed by atoms with Gasteiger partial charge in [0.1, 0.15) is 12.0 Å². The van der Waals surface area contributed by atoms with Crippen molar-refractivity contribution < 1.29 is 29.0 Å². The number of benzene rings is 1. The van der Waals surface area contributed by atoms with E-state index < -0.39 is 35.1 Å². The Bertz CT molecular complexity index is 1050. The maximum Gasteiger partial charge on any atom is 0.308 e. The number of hydrogen-bond acceptors (Lipinski definition) is 7. The Hall–Kier alpha value is -3.50. The first-order valence-electron chi connectivity index (χ1n) is 11.3. The van der Waals surface area contributed by atoms with Gasteiger partial charge >= 0.3 is 5.97 Å². The fourth-order valence-electron chi connectivity index (χ4n) is 3.72. The highest BCUT2D eigenvalue weighted by atomic mass is 32.1. The van der Waals surface area contributed by atoms with Crippen molar-refractivity contribution in [3.8, 4) is 0 Å². The standard InChI is InChI=1S/C25H29N3O6S/c1-2-11-34-22(31)13-20(18-8-12-35-16-18)28-24(33)25(9-3-10-25)23(32)26-14-21(30)27-19-6-4-17(15-29)5-7-19/h2,4-8,12,16,20,29H,1,3,9-11,13-15H2,(H,26,32)(H,27,30)(H,28,33). The van der Waals surface area contributed by atoms with Crippen molar-refractivity contribution >= 4 is 40.7 Å². The van der Waals surface area contributed by atoms with Crippen molar-refractivity contribution in [1.29, 1.82) is 0 Å². The molecule has 35 heavy (non-hydrogen) atoms. The van der Waals surface area contributed by atoms with Crippen molar-refractivity contribution in [3.63, 3.8) is 0 Å². The molecular formula is C25H29N3O6S. The Morgan fingerprint density at radius 2 is 1.89 bits per heavy atom. The third kappa shape index (κ3) is 6.77. The van der Waals surface area contributed by atoms with Gasteiger partial charge in [-0.3, -0.25) is 19.2 Å². The second kappa shape index (κ2) is 12.3. The lowest BCUT2D eigenvalue weighted by molar-refractivity contribution is -0.150. The van der Waals surface area contributed by atoms with E-state index in [0.29, 0.717) is 30.5 Å². The third-order valence-electron chi connectivity index (χ3n) is 5.89. The van der Waals surface area contributed by atoms with Crippen LogP contribution in [0.1, 0.15) is 42.9 Å². The molecule has 10 heteroatoms. The molecule has 0 bridgehead atoms. The molecule has 1 aromatic heterocycles. The van der Waals surface area contributed by atoms with Crippen molar-refractivity contribution in [2.24, 2.45) is 5.41 Å². The molecule has 3 rings (SSSR count). The number of hydrogen-bond donors (Lipinski definition) is 4. The van der Waals surface area contributed by atoms with E-state index in [0.717, 1.165) is 5.56 Å². The maximum absolute atomic E-state index is 13.2. The molecule has 1 unspecified atom stereocenters. The van der Waals surface area contributed by atoms with E-state index in [9.17, 15) is 19.2 Å². The van der Waals surface area contributed by atoms with Gasteiger partial charge < -0.3 is 25.8 Å². The van der Waals surface area contributed by atoms with Gasteiger partial charge in [0.05, 0.1) is 25.6 Å². The molecule has 0 aliphatic heterocycles. The van der Waals surface area contributed by atoms with Gasteiger partial charge in [-0.25, -0.2) is 0 Å². The lowest BCUT2D eigenvalue weighted by Crippen LogP contribution is -2.56. The predicted octanol–water partition coefficient (Wildman–Crippen LogP) is 2.44. The van der Waals surface area contributed by atoms with Crippen LogP contribution in [0.5, 0.6) is 0 Å². The molecule has 1 aliphatic rings. The summed E-state index contributed by atoms with van der Waals surface area (Å²) in [5.74, 6) is -1.93. The molecule has 0 spiro atoms. The first-order chi connectivity index (χ1) is 16.9. The molecular weight excluding hydrogens is 470 g/mol. The number of carbonyl (C=O) groups excluding carboxylic acids is 4. The van der Waals surface area contributed by atoms with E-state index in [1.54, 1.807) is 30.3 Å². The number of rotatable bonds is 12. The van der Waals surface area contributed by atoms with Gasteiger partial charge in [-0.2, -0.15) is 11.3 Å². The van der Waals surface area contributed by atoms with Gasteiger partial charge in [0.2, 0.25) is 17.7 Å². The molecule has 9 nitrogen and oxygen atoms in total. The number of aliphatic hydroxyl groups is 1. The van der Waals surface area contributed by atoms with Crippen LogP contribution in [0.15, 0.2) is 53.7 Å². The van der Waals surface area contributed by atoms with E-state index in [-0.39, 0.29) is 26.2 Å². The summed E-state index contributed by atoms with van der Waals surface area (Å²) in [7, 11) is 0. The van der Waals surface area contributed by atoms with E-state index in [2.05, 4.69) is 22.5 Å². The second-order valence-corrected chi connectivity index (χ2v) is 9.06. The highest BCUT2D eigenvalue weighted by Crippen LogP contribution is 2.42. The number of nitrogens with one attached hydrogen (secondary N) is 3. The van der Waals surface area contributed by atoms with Crippen molar-refractivity contribution in [2.75, 3.05) is 18.5 Å². The molecule has 0 radical (unpaired) electrons. The van der Waals surface area contributed by atoms with Gasteiger partial charge in [0, 0.05) is 5.69 Å². The third-order valence-corrected chi connectivity index (χ3v) is 6.59. The smallest absolute Gasteiger partial charge is 0.308 e. The number of carbonyl (C=O) groups is 4. The SMILES string of the molecule is C=CCOC(=O)CC(NC(=O)C1(C(=O)NCC(=O)Nc2ccc(CO)cc2)CCC1)c1ccsc1. The molecule has 1 aromatic carbocycles. The zero-order valence-electron chi connectivity index (χ0n) is 19.2. The van der Waals surface area contributed by atoms with Crippen LogP contribution in [0.2, 0.25) is 0 Å². The number of aliphatic hydroxyl groups excluding tert-OH is 1. The van der Waals surface area contributed by atoms with Gasteiger partial charge in [-0.1, -0.05) is 31.2 Å². The van der Waals surface area contributed by atoms with Crippen LogP contribution < -0.4 is 16.0 Å². The zero-order chi connectivity index (χ0) is 25.3. The second-order valence-electron chi connectivity index (χ2n) is 8.28. The van der Waals surface area contributed by atoms with E-state index in [1.807, 2.05) is 10.8 Å². The fourth-order valence-corrected chi connectivity index (χ4v) is 4.43. The molecule has 186 valence electrons. The Labute approximate surface area is 207 Å². The van der Waals surface area contributed by atoms with Crippen LogP contribution in [0, 0.1) is 5.41 Å². The minimum atomic E-state index is -1.29. The average Bonchev–Trinajstić information content (AvgIpc) is 3.36. The molecule has 1 saturated carbocycles. The number of amides is 3. The molecule has 1 heterocycles. The van der Waals surface area contributed by atoms with Crippen LogP contribution >= 0.6 is 11.3 Å². The van der Waals surface area contributed by atoms with Crippen LogP contribution in [-0.4, -0.2) is 41.9 Å². The number of esters is 1. The summed E-state index contributed by atoms with van der Waals surface area (Å²) in [6.07, 6.45) is 2.79. The maximum atomic E-state index is 13.2. The summed E-state index contributed by atoms with van der Waals surface area (Å²) >= 11 is 1.43. The van der Waals surface area contributed by atoms with Crippen LogP contribution in [0.25, 0.3) is 0 Å². The number of anilines is 1. The Kier molecular flexibility index (Phi) is 9.16. The largest absolute Gasteiger partial charge is 0.461 e. The Morgan fingerprint density at radius 1 is 1.14 bits per heavy atom. The lowest BCUT2D eigenvalue weighted by atomic mass is 9.67. The van der Waals surface area contributed by atoms with Gasteiger partial charge in [0.25, 0.3) is 0 Å². The molecule has 1 fully saturated rings. The molecule has 1 atom stereocenters. The number of thiophene rings is 1. The highest BCUT2D eigenvalue weighted by molar-refractivity contribution is 7.08. The summed E-state index contributed by atoms with van der Waals surface area (Å²) in [5.41, 5.74) is 0.700. The van der Waals surface area contributed by atoms with Crippen LogP contribution in [-0.2, 0) is 30.5 Å². The first kappa shape index (κ1) is 26.1. The van der Waals surface area contributed by atoms with Gasteiger partial charge in [-0.15, -0.1) is 0 Å². The van der Waals surface area contributed by atoms with Crippen LogP contribution in [0.4, 0.5) is 5.69 Å².